The van der Waals surface area contributed by atoms with Gasteiger partial charge in [0.1, 0.15) is 5.02 Å². The van der Waals surface area contributed by atoms with Crippen molar-refractivity contribution < 1.29 is 0 Å². The fourth-order valence-corrected chi connectivity index (χ4v) is 2.91. The average Bonchev–Trinajstić information content (AvgIpc) is 2.45. The second-order valence-electron chi connectivity index (χ2n) is 5.21. The molecule has 0 spiro atoms. The van der Waals surface area contributed by atoms with Crippen LogP contribution in [0.2, 0.25) is 5.02 Å². The van der Waals surface area contributed by atoms with Gasteiger partial charge in [0.2, 0.25) is 0 Å². The van der Waals surface area contributed by atoms with Crippen LogP contribution in [0.1, 0.15) is 45.4 Å². The molecule has 0 unspecified atom stereocenters. The van der Waals surface area contributed by atoms with Gasteiger partial charge in [0.05, 0.1) is 11.9 Å². The highest BCUT2D eigenvalue weighted by Crippen LogP contribution is 2.26. The topological polar surface area (TPSA) is 46.9 Å². The molecule has 1 fully saturated rings. The molecule has 1 saturated carbocycles. The van der Waals surface area contributed by atoms with Crippen LogP contribution in [0.4, 0.5) is 5.69 Å². The maximum Gasteiger partial charge on any atom is 0.287 e. The third-order valence-corrected chi connectivity index (χ3v) is 4.24. The summed E-state index contributed by atoms with van der Waals surface area (Å²) in [5.41, 5.74) is 0.444. The molecule has 0 amide bonds. The molecule has 1 aliphatic carbocycles. The molecular weight excluding hydrogens is 262 g/mol. The van der Waals surface area contributed by atoms with E-state index in [0.717, 1.165) is 18.9 Å². The van der Waals surface area contributed by atoms with E-state index in [-0.39, 0.29) is 10.6 Å². The molecule has 5 heteroatoms. The number of aryl methyl sites for hydroxylation is 1. The van der Waals surface area contributed by atoms with Gasteiger partial charge in [-0.15, -0.1) is 0 Å². The van der Waals surface area contributed by atoms with Crippen LogP contribution >= 0.6 is 11.6 Å². The quantitative estimate of drug-likeness (QED) is 0.902. The first-order chi connectivity index (χ1) is 9.22. The summed E-state index contributed by atoms with van der Waals surface area (Å²) in [6, 6.07) is 0. The molecule has 1 N–H and O–H groups in total. The Morgan fingerprint density at radius 3 is 2.84 bits per heavy atom. The van der Waals surface area contributed by atoms with Crippen molar-refractivity contribution in [3.05, 3.63) is 21.6 Å². The molecule has 0 atom stereocenters. The number of halogens is 1. The van der Waals surface area contributed by atoms with Crippen LogP contribution in [0.3, 0.4) is 0 Å². The van der Waals surface area contributed by atoms with E-state index in [1.54, 1.807) is 6.20 Å². The second kappa shape index (κ2) is 6.94. The molecule has 0 aromatic carbocycles. The Labute approximate surface area is 119 Å². The first-order valence-corrected chi connectivity index (χ1v) is 7.59. The third kappa shape index (κ3) is 3.72. The molecule has 1 aromatic heterocycles. The van der Waals surface area contributed by atoms with Gasteiger partial charge in [-0.25, -0.2) is 4.68 Å². The third-order valence-electron chi connectivity index (χ3n) is 3.88. The van der Waals surface area contributed by atoms with Crippen molar-refractivity contribution in [3.63, 3.8) is 0 Å². The van der Waals surface area contributed by atoms with E-state index in [4.69, 9.17) is 11.6 Å². The van der Waals surface area contributed by atoms with Crippen molar-refractivity contribution in [2.24, 2.45) is 5.92 Å². The lowest BCUT2D eigenvalue weighted by atomic mass is 9.87. The minimum Gasteiger partial charge on any atom is -0.382 e. The van der Waals surface area contributed by atoms with Crippen molar-refractivity contribution in [1.29, 1.82) is 0 Å². The van der Waals surface area contributed by atoms with E-state index in [1.807, 2.05) is 6.92 Å². The molecule has 0 radical (unpaired) electrons. The van der Waals surface area contributed by atoms with E-state index in [0.29, 0.717) is 12.2 Å². The Bertz CT molecular complexity index is 466. The van der Waals surface area contributed by atoms with Gasteiger partial charge in [-0.3, -0.25) is 4.79 Å². The highest BCUT2D eigenvalue weighted by molar-refractivity contribution is 6.32. The molecule has 4 nitrogen and oxygen atoms in total. The highest BCUT2D eigenvalue weighted by atomic mass is 35.5. The van der Waals surface area contributed by atoms with E-state index in [1.165, 1.54) is 36.8 Å². The van der Waals surface area contributed by atoms with E-state index in [2.05, 4.69) is 10.4 Å². The highest BCUT2D eigenvalue weighted by Gasteiger charge is 2.13. The van der Waals surface area contributed by atoms with Gasteiger partial charge in [-0.05, 0) is 19.3 Å². The molecule has 0 bridgehead atoms. The van der Waals surface area contributed by atoms with Crippen LogP contribution in [-0.2, 0) is 6.54 Å². The van der Waals surface area contributed by atoms with Gasteiger partial charge >= 0.3 is 0 Å². The zero-order valence-electron chi connectivity index (χ0n) is 11.5. The Morgan fingerprint density at radius 2 is 2.16 bits per heavy atom. The lowest BCUT2D eigenvalue weighted by Gasteiger charge is -2.21. The van der Waals surface area contributed by atoms with E-state index in [9.17, 15) is 4.79 Å². The summed E-state index contributed by atoms with van der Waals surface area (Å²) in [4.78, 5) is 11.8. The van der Waals surface area contributed by atoms with Crippen LogP contribution in [0.25, 0.3) is 0 Å². The van der Waals surface area contributed by atoms with Crippen molar-refractivity contribution >= 4 is 17.3 Å². The Hall–Kier alpha value is -1.03. The summed E-state index contributed by atoms with van der Waals surface area (Å²) in [7, 11) is 0. The zero-order chi connectivity index (χ0) is 13.7. The van der Waals surface area contributed by atoms with E-state index < -0.39 is 0 Å². The van der Waals surface area contributed by atoms with Gasteiger partial charge in [0.15, 0.2) is 0 Å². The van der Waals surface area contributed by atoms with Gasteiger partial charge in [-0.2, -0.15) is 5.10 Å². The van der Waals surface area contributed by atoms with Crippen molar-refractivity contribution in [3.8, 4) is 0 Å². The SMILES string of the molecule is CCn1ncc(NCCC2CCCCC2)c(Cl)c1=O. The van der Waals surface area contributed by atoms with Gasteiger partial charge in [-0.1, -0.05) is 43.7 Å². The number of rotatable bonds is 5. The smallest absolute Gasteiger partial charge is 0.287 e. The van der Waals surface area contributed by atoms with Crippen LogP contribution in [0.15, 0.2) is 11.0 Å². The normalized spacial score (nSPS) is 16.5. The molecule has 2 rings (SSSR count). The maximum atomic E-state index is 11.8. The summed E-state index contributed by atoms with van der Waals surface area (Å²) in [6.45, 7) is 3.28. The predicted molar refractivity (Wildman–Crippen MR) is 78.9 cm³/mol. The minimum atomic E-state index is -0.216. The molecule has 1 aromatic rings. The number of hydrogen-bond donors (Lipinski definition) is 1. The Morgan fingerprint density at radius 1 is 1.42 bits per heavy atom. The maximum absolute atomic E-state index is 11.8. The largest absolute Gasteiger partial charge is 0.382 e. The number of aromatic nitrogens is 2. The summed E-state index contributed by atoms with van der Waals surface area (Å²) in [6.07, 6.45) is 9.57. The first-order valence-electron chi connectivity index (χ1n) is 7.22. The molecule has 0 aliphatic heterocycles. The minimum absolute atomic E-state index is 0.216. The van der Waals surface area contributed by atoms with Gasteiger partial charge in [0, 0.05) is 13.1 Å². The molecule has 106 valence electrons. The van der Waals surface area contributed by atoms with Crippen LogP contribution in [0.5, 0.6) is 0 Å². The Kier molecular flexibility index (Phi) is 5.25. The zero-order valence-corrected chi connectivity index (χ0v) is 12.2. The number of nitrogens with zero attached hydrogens (tertiary/aromatic N) is 2. The number of nitrogens with one attached hydrogen (secondary N) is 1. The molecular formula is C14H22ClN3O. The second-order valence-corrected chi connectivity index (χ2v) is 5.59. The molecule has 19 heavy (non-hydrogen) atoms. The van der Waals surface area contributed by atoms with Crippen molar-refractivity contribution in [2.45, 2.75) is 52.0 Å². The fraction of sp³-hybridized carbons (Fsp3) is 0.714. The number of hydrogen-bond acceptors (Lipinski definition) is 3. The van der Waals surface area contributed by atoms with Crippen molar-refractivity contribution in [1.82, 2.24) is 9.78 Å². The lowest BCUT2D eigenvalue weighted by Crippen LogP contribution is -2.23. The standard InChI is InChI=1S/C14H22ClN3O/c1-2-18-14(19)13(15)12(10-17-18)16-9-8-11-6-4-3-5-7-11/h10-11,16H,2-9H2,1H3. The van der Waals surface area contributed by atoms with Gasteiger partial charge in [0.25, 0.3) is 5.56 Å². The predicted octanol–water partition coefficient (Wildman–Crippen LogP) is 3.30. The summed E-state index contributed by atoms with van der Waals surface area (Å²) < 4.78 is 1.37. The molecule has 1 heterocycles. The van der Waals surface area contributed by atoms with Crippen LogP contribution in [0, 0.1) is 5.92 Å². The molecule has 0 saturated heterocycles. The number of anilines is 1. The summed E-state index contributed by atoms with van der Waals surface area (Å²) in [5, 5.41) is 7.58. The van der Waals surface area contributed by atoms with Crippen LogP contribution < -0.4 is 10.9 Å². The van der Waals surface area contributed by atoms with Gasteiger partial charge < -0.3 is 5.32 Å². The lowest BCUT2D eigenvalue weighted by molar-refractivity contribution is 0.345. The molecule has 1 aliphatic rings. The average molecular weight is 284 g/mol. The van der Waals surface area contributed by atoms with Crippen LogP contribution in [-0.4, -0.2) is 16.3 Å². The summed E-state index contributed by atoms with van der Waals surface area (Å²) >= 11 is 6.06. The van der Waals surface area contributed by atoms with E-state index >= 15 is 0 Å². The summed E-state index contributed by atoms with van der Waals surface area (Å²) in [5.74, 6) is 0.823. The fourth-order valence-electron chi connectivity index (χ4n) is 2.70. The first kappa shape index (κ1) is 14.4. The van der Waals surface area contributed by atoms with Crippen molar-refractivity contribution in [2.75, 3.05) is 11.9 Å². The Balaban J connectivity index is 1.89. The monoisotopic (exact) mass is 283 g/mol.